The third-order valence-corrected chi connectivity index (χ3v) is 8.75. The van der Waals surface area contributed by atoms with Gasteiger partial charge in [0.05, 0.1) is 12.0 Å². The van der Waals surface area contributed by atoms with Crippen molar-refractivity contribution in [3.8, 4) is 22.3 Å². The smallest absolute Gasteiger partial charge is 0.201 e. The summed E-state index contributed by atoms with van der Waals surface area (Å²) in [6.07, 6.45) is 3.76. The topological polar surface area (TPSA) is 18.8 Å². The van der Waals surface area contributed by atoms with Gasteiger partial charge in [0.25, 0.3) is 0 Å². The Morgan fingerprint density at radius 2 is 1.14 bits per heavy atom. The van der Waals surface area contributed by atoms with Gasteiger partial charge in [0.15, 0.2) is 0 Å². The minimum Gasteiger partial charge on any atom is -0.341 e. The van der Waals surface area contributed by atoms with Gasteiger partial charge in [0.2, 0.25) is 5.96 Å². The van der Waals surface area contributed by atoms with Crippen LogP contribution in [-0.2, 0) is 5.41 Å². The molecular formula is C33H29N3. The van der Waals surface area contributed by atoms with Crippen LogP contribution in [0.1, 0.15) is 41.5 Å². The third-order valence-electron chi connectivity index (χ3n) is 8.75. The maximum Gasteiger partial charge on any atom is 0.201 e. The largest absolute Gasteiger partial charge is 0.341 e. The van der Waals surface area contributed by atoms with Crippen molar-refractivity contribution in [2.24, 2.45) is 4.99 Å². The molecule has 0 atom stereocenters. The van der Waals surface area contributed by atoms with Crippen LogP contribution >= 0.6 is 0 Å². The van der Waals surface area contributed by atoms with Crippen molar-refractivity contribution in [2.75, 3.05) is 31.1 Å². The second kappa shape index (κ2) is 7.57. The summed E-state index contributed by atoms with van der Waals surface area (Å²) in [5.74, 6) is 1.17. The maximum atomic E-state index is 4.98. The highest BCUT2D eigenvalue weighted by Crippen LogP contribution is 2.63. The summed E-state index contributed by atoms with van der Waals surface area (Å²) in [6.45, 7) is 4.11. The van der Waals surface area contributed by atoms with Crippen molar-refractivity contribution in [3.05, 3.63) is 113 Å². The lowest BCUT2D eigenvalue weighted by Gasteiger charge is -2.35. The predicted octanol–water partition coefficient (Wildman–Crippen LogP) is 6.69. The SMILES string of the molecule is c1ccc2c(c1)-c1ccccc1C21c2ccccc2-c2ccc(N3CCCCCN4CCN=C43)cc21. The first-order valence-corrected chi connectivity index (χ1v) is 13.4. The van der Waals surface area contributed by atoms with E-state index in [0.29, 0.717) is 0 Å². The normalized spacial score (nSPS) is 18.6. The molecule has 1 spiro atoms. The fourth-order valence-corrected chi connectivity index (χ4v) is 7.28. The Bertz CT molecular complexity index is 1480. The molecular weight excluding hydrogens is 438 g/mol. The molecule has 0 saturated carbocycles. The molecule has 2 aliphatic carbocycles. The van der Waals surface area contributed by atoms with Crippen molar-refractivity contribution >= 4 is 11.6 Å². The van der Waals surface area contributed by atoms with Gasteiger partial charge in [-0.15, -0.1) is 0 Å². The Morgan fingerprint density at radius 1 is 0.556 bits per heavy atom. The van der Waals surface area contributed by atoms with E-state index in [1.165, 1.54) is 75.4 Å². The number of fused-ring (bicyclic) bond motifs is 11. The van der Waals surface area contributed by atoms with E-state index in [1.807, 2.05) is 0 Å². The summed E-state index contributed by atoms with van der Waals surface area (Å²) in [4.78, 5) is 9.97. The molecule has 1 fully saturated rings. The molecule has 4 aromatic rings. The van der Waals surface area contributed by atoms with E-state index in [1.54, 1.807) is 0 Å². The molecule has 8 rings (SSSR count). The van der Waals surface area contributed by atoms with Crippen LogP contribution in [0.25, 0.3) is 22.3 Å². The molecule has 36 heavy (non-hydrogen) atoms. The van der Waals surface area contributed by atoms with E-state index in [2.05, 4.69) is 101 Å². The van der Waals surface area contributed by atoms with Crippen LogP contribution in [0.2, 0.25) is 0 Å². The van der Waals surface area contributed by atoms with E-state index in [4.69, 9.17) is 4.99 Å². The van der Waals surface area contributed by atoms with Crippen LogP contribution in [0, 0.1) is 0 Å². The molecule has 4 aliphatic rings. The van der Waals surface area contributed by atoms with Crippen molar-refractivity contribution in [1.29, 1.82) is 0 Å². The second-order valence-electron chi connectivity index (χ2n) is 10.5. The molecule has 3 nitrogen and oxygen atoms in total. The first-order chi connectivity index (χ1) is 17.9. The zero-order valence-electron chi connectivity index (χ0n) is 20.5. The Hall–Kier alpha value is -3.85. The van der Waals surface area contributed by atoms with Crippen LogP contribution in [0.15, 0.2) is 96.0 Å². The van der Waals surface area contributed by atoms with Gasteiger partial charge in [0.1, 0.15) is 0 Å². The first kappa shape index (κ1) is 20.4. The summed E-state index contributed by atoms with van der Waals surface area (Å²) >= 11 is 0. The average molecular weight is 468 g/mol. The average Bonchev–Trinajstić information content (AvgIpc) is 3.58. The van der Waals surface area contributed by atoms with Gasteiger partial charge < -0.3 is 9.80 Å². The van der Waals surface area contributed by atoms with Crippen LogP contribution in [-0.4, -0.2) is 37.0 Å². The van der Waals surface area contributed by atoms with Gasteiger partial charge in [-0.3, -0.25) is 4.99 Å². The van der Waals surface area contributed by atoms with Crippen LogP contribution < -0.4 is 4.90 Å². The second-order valence-corrected chi connectivity index (χ2v) is 10.5. The molecule has 0 amide bonds. The van der Waals surface area contributed by atoms with Crippen LogP contribution in [0.4, 0.5) is 5.69 Å². The van der Waals surface area contributed by atoms with Crippen LogP contribution in [0.3, 0.4) is 0 Å². The standard InChI is InChI=1S/C33H29N3/c1-8-19-35-21-18-34-32(35)36(20-9-1)23-16-17-27-26-12-4-7-15-30(26)33(31(27)22-23)28-13-5-2-10-24(28)25-11-3-6-14-29(25)33/h2-7,10-17,22H,1,8-9,18-21H2. The summed E-state index contributed by atoms with van der Waals surface area (Å²) in [5.41, 5.74) is 12.1. The van der Waals surface area contributed by atoms with E-state index < -0.39 is 0 Å². The Kier molecular flexibility index (Phi) is 4.28. The molecule has 176 valence electrons. The quantitative estimate of drug-likeness (QED) is 0.268. The number of aliphatic imine (C=N–C) groups is 1. The minimum absolute atomic E-state index is 0.283. The zero-order chi connectivity index (χ0) is 23.7. The molecule has 4 aromatic carbocycles. The van der Waals surface area contributed by atoms with Gasteiger partial charge in [-0.2, -0.15) is 0 Å². The number of hydrogen-bond donors (Lipinski definition) is 0. The summed E-state index contributed by atoms with van der Waals surface area (Å²) in [5, 5.41) is 0. The fourth-order valence-electron chi connectivity index (χ4n) is 7.28. The molecule has 2 heterocycles. The van der Waals surface area contributed by atoms with Gasteiger partial charge in [0, 0.05) is 25.3 Å². The fraction of sp³-hybridized carbons (Fsp3) is 0.242. The summed E-state index contributed by atoms with van der Waals surface area (Å²) in [6, 6.07) is 34.4. The van der Waals surface area contributed by atoms with Crippen LogP contribution in [0.5, 0.6) is 0 Å². The number of benzene rings is 4. The highest BCUT2D eigenvalue weighted by atomic mass is 15.4. The monoisotopic (exact) mass is 467 g/mol. The van der Waals surface area contributed by atoms with Crippen molar-refractivity contribution < 1.29 is 0 Å². The minimum atomic E-state index is -0.283. The molecule has 0 unspecified atom stereocenters. The summed E-state index contributed by atoms with van der Waals surface area (Å²) in [7, 11) is 0. The highest BCUT2D eigenvalue weighted by molar-refractivity contribution is 6.00. The lowest BCUT2D eigenvalue weighted by atomic mass is 9.70. The zero-order valence-corrected chi connectivity index (χ0v) is 20.5. The van der Waals surface area contributed by atoms with Crippen molar-refractivity contribution in [2.45, 2.75) is 24.7 Å². The maximum absolute atomic E-state index is 4.98. The molecule has 0 bridgehead atoms. The van der Waals surface area contributed by atoms with E-state index in [0.717, 1.165) is 26.2 Å². The number of guanidine groups is 1. The Morgan fingerprint density at radius 3 is 1.81 bits per heavy atom. The van der Waals surface area contributed by atoms with Gasteiger partial charge in [-0.1, -0.05) is 78.9 Å². The van der Waals surface area contributed by atoms with E-state index >= 15 is 0 Å². The highest BCUT2D eigenvalue weighted by Gasteiger charge is 2.51. The number of anilines is 1. The van der Waals surface area contributed by atoms with Gasteiger partial charge in [-0.25, -0.2) is 0 Å². The number of nitrogens with zero attached hydrogens (tertiary/aromatic N) is 3. The molecule has 0 aromatic heterocycles. The molecule has 0 radical (unpaired) electrons. The van der Waals surface area contributed by atoms with Crippen molar-refractivity contribution in [1.82, 2.24) is 4.90 Å². The predicted molar refractivity (Wildman–Crippen MR) is 148 cm³/mol. The Balaban J connectivity index is 1.41. The lowest BCUT2D eigenvalue weighted by Crippen LogP contribution is -2.44. The molecule has 2 aliphatic heterocycles. The van der Waals surface area contributed by atoms with E-state index in [9.17, 15) is 0 Å². The van der Waals surface area contributed by atoms with Crippen molar-refractivity contribution in [3.63, 3.8) is 0 Å². The molecule has 3 heteroatoms. The van der Waals surface area contributed by atoms with Gasteiger partial charge >= 0.3 is 0 Å². The molecule has 1 saturated heterocycles. The van der Waals surface area contributed by atoms with Gasteiger partial charge in [-0.05, 0) is 75.9 Å². The van der Waals surface area contributed by atoms with E-state index in [-0.39, 0.29) is 5.41 Å². The first-order valence-electron chi connectivity index (χ1n) is 13.4. The number of rotatable bonds is 1. The molecule has 0 N–H and O–H groups in total. The third kappa shape index (κ3) is 2.55. The Labute approximate surface area is 212 Å². The lowest BCUT2D eigenvalue weighted by molar-refractivity contribution is 0.416. The number of hydrogen-bond acceptors (Lipinski definition) is 3. The summed E-state index contributed by atoms with van der Waals surface area (Å²) < 4.78 is 0.